The van der Waals surface area contributed by atoms with E-state index in [9.17, 15) is 9.90 Å². The van der Waals surface area contributed by atoms with Gasteiger partial charge in [0.1, 0.15) is 11.4 Å². The highest BCUT2D eigenvalue weighted by atomic mass is 16.3. The molecule has 18 heavy (non-hydrogen) atoms. The van der Waals surface area contributed by atoms with E-state index < -0.39 is 0 Å². The summed E-state index contributed by atoms with van der Waals surface area (Å²) in [6.45, 7) is 1.84. The molecule has 0 aliphatic rings. The van der Waals surface area contributed by atoms with Crippen molar-refractivity contribution < 1.29 is 9.90 Å². The topological polar surface area (TPSA) is 53.4 Å². The number of phenolic OH excluding ortho intramolecular Hbond substituents is 1. The van der Waals surface area contributed by atoms with Gasteiger partial charge in [-0.1, -0.05) is 12.1 Å². The molecule has 0 aliphatic carbocycles. The quantitative estimate of drug-likeness (QED) is 0.879. The predicted octanol–water partition coefficient (Wildman–Crippen LogP) is 2.37. The summed E-state index contributed by atoms with van der Waals surface area (Å²) in [6.07, 6.45) is 1.59. The van der Waals surface area contributed by atoms with Crippen LogP contribution in [0.3, 0.4) is 0 Å². The third kappa shape index (κ3) is 2.32. The van der Waals surface area contributed by atoms with Gasteiger partial charge in [0.25, 0.3) is 5.91 Å². The molecule has 92 valence electrons. The number of benzene rings is 1. The number of aryl methyl sites for hydroxylation is 1. The van der Waals surface area contributed by atoms with Gasteiger partial charge in [-0.25, -0.2) is 0 Å². The van der Waals surface area contributed by atoms with E-state index in [1.165, 1.54) is 11.0 Å². The van der Waals surface area contributed by atoms with Crippen molar-refractivity contribution in [1.82, 2.24) is 4.98 Å². The lowest BCUT2D eigenvalue weighted by Gasteiger charge is -2.17. The van der Waals surface area contributed by atoms with Crippen LogP contribution in [0.5, 0.6) is 5.75 Å². The van der Waals surface area contributed by atoms with Crippen LogP contribution in [0.25, 0.3) is 0 Å². The Balaban J connectivity index is 2.32. The zero-order valence-corrected chi connectivity index (χ0v) is 10.3. The second-order valence-corrected chi connectivity index (χ2v) is 4.05. The number of carbonyl (C=O) groups is 1. The minimum absolute atomic E-state index is 0.130. The molecular weight excluding hydrogens is 228 g/mol. The minimum Gasteiger partial charge on any atom is -0.508 e. The summed E-state index contributed by atoms with van der Waals surface area (Å²) in [5, 5.41) is 9.42. The Kier molecular flexibility index (Phi) is 3.28. The standard InChI is InChI=1S/C14H14N2O2/c1-10-5-4-8-15-13(10)14(18)16(2)11-6-3-7-12(17)9-11/h3-9,17H,1-2H3. The summed E-state index contributed by atoms with van der Waals surface area (Å²) in [6, 6.07) is 10.2. The van der Waals surface area contributed by atoms with Gasteiger partial charge in [-0.2, -0.15) is 0 Å². The first-order valence-corrected chi connectivity index (χ1v) is 5.58. The summed E-state index contributed by atoms with van der Waals surface area (Å²) in [5.41, 5.74) is 1.88. The van der Waals surface area contributed by atoms with Crippen molar-refractivity contribution >= 4 is 11.6 Å². The number of pyridine rings is 1. The maximum Gasteiger partial charge on any atom is 0.276 e. The molecule has 0 saturated carbocycles. The van der Waals surface area contributed by atoms with Crippen LogP contribution in [-0.4, -0.2) is 23.0 Å². The van der Waals surface area contributed by atoms with Crippen LogP contribution >= 0.6 is 0 Å². The smallest absolute Gasteiger partial charge is 0.276 e. The normalized spacial score (nSPS) is 10.1. The molecule has 0 fully saturated rings. The average Bonchev–Trinajstić information content (AvgIpc) is 2.37. The molecule has 4 nitrogen and oxygen atoms in total. The number of hydrogen-bond donors (Lipinski definition) is 1. The van der Waals surface area contributed by atoms with E-state index in [1.807, 2.05) is 13.0 Å². The fourth-order valence-electron chi connectivity index (χ4n) is 1.69. The number of carbonyl (C=O) groups excluding carboxylic acids is 1. The SMILES string of the molecule is Cc1cccnc1C(=O)N(C)c1cccc(O)c1. The van der Waals surface area contributed by atoms with E-state index >= 15 is 0 Å². The van der Waals surface area contributed by atoms with Crippen molar-refractivity contribution in [2.24, 2.45) is 0 Å². The van der Waals surface area contributed by atoms with Crippen LogP contribution in [0.1, 0.15) is 16.1 Å². The van der Waals surface area contributed by atoms with E-state index in [0.29, 0.717) is 11.4 Å². The van der Waals surface area contributed by atoms with Crippen LogP contribution in [0.15, 0.2) is 42.6 Å². The fraction of sp³-hybridized carbons (Fsp3) is 0.143. The number of phenols is 1. The van der Waals surface area contributed by atoms with Crippen LogP contribution in [0.2, 0.25) is 0 Å². The lowest BCUT2D eigenvalue weighted by atomic mass is 10.2. The van der Waals surface area contributed by atoms with Crippen molar-refractivity contribution in [1.29, 1.82) is 0 Å². The highest BCUT2D eigenvalue weighted by Gasteiger charge is 2.16. The summed E-state index contributed by atoms with van der Waals surface area (Å²) in [5.74, 6) is -0.0661. The van der Waals surface area contributed by atoms with Crippen molar-refractivity contribution in [3.63, 3.8) is 0 Å². The monoisotopic (exact) mass is 242 g/mol. The maximum absolute atomic E-state index is 12.3. The van der Waals surface area contributed by atoms with E-state index in [1.54, 1.807) is 37.5 Å². The Morgan fingerprint density at radius 2 is 2.06 bits per heavy atom. The Morgan fingerprint density at radius 1 is 1.28 bits per heavy atom. The molecule has 1 amide bonds. The highest BCUT2D eigenvalue weighted by Crippen LogP contribution is 2.20. The number of rotatable bonds is 2. The third-order valence-electron chi connectivity index (χ3n) is 2.73. The first kappa shape index (κ1) is 12.1. The van der Waals surface area contributed by atoms with Gasteiger partial charge < -0.3 is 10.0 Å². The molecule has 0 spiro atoms. The molecule has 0 radical (unpaired) electrons. The number of aromatic hydroxyl groups is 1. The molecule has 0 atom stereocenters. The van der Waals surface area contributed by atoms with Crippen LogP contribution < -0.4 is 4.90 Å². The summed E-state index contributed by atoms with van der Waals surface area (Å²) < 4.78 is 0. The molecule has 1 heterocycles. The van der Waals surface area contributed by atoms with Gasteiger partial charge in [-0.05, 0) is 30.7 Å². The van der Waals surface area contributed by atoms with Crippen molar-refractivity contribution in [2.45, 2.75) is 6.92 Å². The Bertz CT molecular complexity index is 582. The van der Waals surface area contributed by atoms with Crippen molar-refractivity contribution in [3.05, 3.63) is 53.9 Å². The van der Waals surface area contributed by atoms with Crippen LogP contribution in [0, 0.1) is 6.92 Å². The van der Waals surface area contributed by atoms with Crippen molar-refractivity contribution in [2.75, 3.05) is 11.9 Å². The first-order chi connectivity index (χ1) is 8.59. The summed E-state index contributed by atoms with van der Waals surface area (Å²) >= 11 is 0. The van der Waals surface area contributed by atoms with E-state index in [-0.39, 0.29) is 11.7 Å². The number of amides is 1. The minimum atomic E-state index is -0.196. The second-order valence-electron chi connectivity index (χ2n) is 4.05. The lowest BCUT2D eigenvalue weighted by Crippen LogP contribution is -2.27. The molecule has 1 aromatic carbocycles. The van der Waals surface area contributed by atoms with Gasteiger partial charge >= 0.3 is 0 Å². The van der Waals surface area contributed by atoms with Crippen molar-refractivity contribution in [3.8, 4) is 5.75 Å². The van der Waals surface area contributed by atoms with E-state index in [2.05, 4.69) is 4.98 Å². The number of hydrogen-bond acceptors (Lipinski definition) is 3. The zero-order valence-electron chi connectivity index (χ0n) is 10.3. The largest absolute Gasteiger partial charge is 0.508 e. The summed E-state index contributed by atoms with van der Waals surface area (Å²) in [7, 11) is 1.66. The number of aromatic nitrogens is 1. The van der Waals surface area contributed by atoms with Gasteiger partial charge in [-0.15, -0.1) is 0 Å². The maximum atomic E-state index is 12.3. The fourth-order valence-corrected chi connectivity index (χ4v) is 1.69. The Hall–Kier alpha value is -2.36. The van der Waals surface area contributed by atoms with Gasteiger partial charge in [0.05, 0.1) is 0 Å². The molecule has 2 rings (SSSR count). The molecule has 0 bridgehead atoms. The lowest BCUT2D eigenvalue weighted by molar-refractivity contribution is 0.0987. The molecule has 0 unspecified atom stereocenters. The van der Waals surface area contributed by atoms with Gasteiger partial charge in [0, 0.05) is 25.0 Å². The Morgan fingerprint density at radius 3 is 2.72 bits per heavy atom. The molecule has 1 aromatic heterocycles. The van der Waals surface area contributed by atoms with Gasteiger partial charge in [0.15, 0.2) is 0 Å². The predicted molar refractivity (Wildman–Crippen MR) is 69.8 cm³/mol. The molecule has 0 aliphatic heterocycles. The van der Waals surface area contributed by atoms with Gasteiger partial charge in [-0.3, -0.25) is 9.78 Å². The average molecular weight is 242 g/mol. The molecular formula is C14H14N2O2. The van der Waals surface area contributed by atoms with Crippen LogP contribution in [-0.2, 0) is 0 Å². The Labute approximate surface area is 106 Å². The second kappa shape index (κ2) is 4.87. The number of anilines is 1. The third-order valence-corrected chi connectivity index (χ3v) is 2.73. The summed E-state index contributed by atoms with van der Waals surface area (Å²) in [4.78, 5) is 17.8. The molecule has 2 aromatic rings. The van der Waals surface area contributed by atoms with E-state index in [4.69, 9.17) is 0 Å². The van der Waals surface area contributed by atoms with Gasteiger partial charge in [0.2, 0.25) is 0 Å². The highest BCUT2D eigenvalue weighted by molar-refractivity contribution is 6.05. The first-order valence-electron chi connectivity index (χ1n) is 5.58. The molecule has 1 N–H and O–H groups in total. The number of nitrogens with zero attached hydrogens (tertiary/aromatic N) is 2. The molecule has 4 heteroatoms. The van der Waals surface area contributed by atoms with E-state index in [0.717, 1.165) is 5.56 Å². The molecule has 0 saturated heterocycles. The van der Waals surface area contributed by atoms with Crippen LogP contribution in [0.4, 0.5) is 5.69 Å². The zero-order chi connectivity index (χ0) is 13.1.